The first kappa shape index (κ1) is 25.3. The second kappa shape index (κ2) is 8.56. The predicted molar refractivity (Wildman–Crippen MR) is 176 cm³/mol. The number of aryl methyl sites for hydroxylation is 1. The lowest BCUT2D eigenvalue weighted by Gasteiger charge is -2.46. The molecule has 0 aromatic heterocycles. The van der Waals surface area contributed by atoms with Crippen LogP contribution in [0.25, 0.3) is 11.1 Å². The van der Waals surface area contributed by atoms with E-state index in [1.807, 2.05) is 13.1 Å². The minimum Gasteiger partial charge on any atom is -0.337 e. The zero-order valence-corrected chi connectivity index (χ0v) is 25.8. The molecule has 2 aliphatic heterocycles. The highest BCUT2D eigenvalue weighted by Gasteiger charge is 2.52. The highest BCUT2D eigenvalue weighted by molar-refractivity contribution is 6.88. The van der Waals surface area contributed by atoms with Gasteiger partial charge in [-0.1, -0.05) is 103 Å². The summed E-state index contributed by atoms with van der Waals surface area (Å²) in [6.07, 6.45) is 0. The minimum atomic E-state index is -1.64. The van der Waals surface area contributed by atoms with Gasteiger partial charge in [0, 0.05) is 24.8 Å². The Labute approximate surface area is 249 Å². The molecule has 1 amide bonds. The highest BCUT2D eigenvalue weighted by atomic mass is 28.3. The van der Waals surface area contributed by atoms with Gasteiger partial charge in [-0.25, -0.2) is 0 Å². The predicted octanol–water partition coefficient (Wildman–Crippen LogP) is 8.27. The Balaban J connectivity index is 1.51. The largest absolute Gasteiger partial charge is 0.337 e. The number of anilines is 3. The van der Waals surface area contributed by atoms with E-state index in [1.54, 1.807) is 4.90 Å². The van der Waals surface area contributed by atoms with Crippen molar-refractivity contribution < 1.29 is 4.79 Å². The number of hydrogen-bond donors (Lipinski definition) is 0. The molecule has 5 aromatic rings. The van der Waals surface area contributed by atoms with Crippen molar-refractivity contribution in [3.63, 3.8) is 0 Å². The Hall–Kier alpha value is -4.41. The molecule has 0 fully saturated rings. The van der Waals surface area contributed by atoms with Gasteiger partial charge >= 0.3 is 0 Å². The summed E-state index contributed by atoms with van der Waals surface area (Å²) in [5.41, 5.74) is 14.2. The molecule has 0 unspecified atom stereocenters. The van der Waals surface area contributed by atoms with Crippen molar-refractivity contribution in [1.82, 2.24) is 4.90 Å². The van der Waals surface area contributed by atoms with Crippen molar-refractivity contribution >= 4 is 36.2 Å². The van der Waals surface area contributed by atoms with Gasteiger partial charge in [-0.3, -0.25) is 4.79 Å². The zero-order chi connectivity index (χ0) is 29.0. The van der Waals surface area contributed by atoms with Crippen molar-refractivity contribution in [3.05, 3.63) is 142 Å². The molecule has 206 valence electrons. The molecule has 1 aliphatic carbocycles. The van der Waals surface area contributed by atoms with E-state index >= 15 is 0 Å². The monoisotopic (exact) mass is 562 g/mol. The van der Waals surface area contributed by atoms with Gasteiger partial charge < -0.3 is 9.80 Å². The summed E-state index contributed by atoms with van der Waals surface area (Å²) in [6, 6.07) is 38.6. The number of carbonyl (C=O) groups excluding carboxylic acids is 1. The number of fused-ring (bicyclic) bond motifs is 10. The third-order valence-corrected chi connectivity index (χ3v) is 11.6. The van der Waals surface area contributed by atoms with E-state index in [0.29, 0.717) is 6.54 Å². The number of benzene rings is 5. The van der Waals surface area contributed by atoms with Crippen LogP contribution >= 0.6 is 0 Å². The fraction of sp³-hybridized carbons (Fsp3) is 0.184. The second-order valence-electron chi connectivity index (χ2n) is 13.2. The topological polar surface area (TPSA) is 23.6 Å². The molecule has 3 aliphatic rings. The van der Waals surface area contributed by atoms with Crippen LogP contribution in [0.15, 0.2) is 103 Å². The SMILES string of the molecule is Cc1ccc2c(c1)C1(c3ccccc3-c3ccccc31)c1cc([Si](C)(C)C)ccc1N2c1ccc2c(c1)CN(C)C2=O. The van der Waals surface area contributed by atoms with Crippen LogP contribution in [0.2, 0.25) is 19.6 Å². The summed E-state index contributed by atoms with van der Waals surface area (Å²) in [4.78, 5) is 17.0. The van der Waals surface area contributed by atoms with Crippen molar-refractivity contribution in [1.29, 1.82) is 0 Å². The standard InChI is InChI=1S/C38H34N2OSi/c1-24-14-18-35-33(20-24)38(31-12-8-6-10-29(31)30-11-7-9-13-32(30)38)34-22-27(42(3,4)5)16-19-36(34)40(35)26-15-17-28-25(21-26)23-39(2)37(28)41/h6-22H,23H2,1-5H3. The van der Waals surface area contributed by atoms with Gasteiger partial charge in [0.15, 0.2) is 0 Å². The molecule has 8 rings (SSSR count). The third-order valence-electron chi connectivity index (χ3n) is 9.59. The van der Waals surface area contributed by atoms with Crippen LogP contribution in [0, 0.1) is 6.92 Å². The zero-order valence-electron chi connectivity index (χ0n) is 24.8. The summed E-state index contributed by atoms with van der Waals surface area (Å²) in [6.45, 7) is 10.2. The summed E-state index contributed by atoms with van der Waals surface area (Å²) >= 11 is 0. The molecule has 5 aromatic carbocycles. The van der Waals surface area contributed by atoms with E-state index in [0.717, 1.165) is 16.8 Å². The molecule has 0 atom stereocenters. The molecule has 42 heavy (non-hydrogen) atoms. The second-order valence-corrected chi connectivity index (χ2v) is 18.3. The van der Waals surface area contributed by atoms with E-state index < -0.39 is 13.5 Å². The molecule has 0 N–H and O–H groups in total. The maximum Gasteiger partial charge on any atom is 0.254 e. The van der Waals surface area contributed by atoms with Crippen LogP contribution in [-0.2, 0) is 12.0 Å². The average molecular weight is 563 g/mol. The number of nitrogens with zero attached hydrogens (tertiary/aromatic N) is 2. The lowest BCUT2D eigenvalue weighted by atomic mass is 9.64. The number of hydrogen-bond acceptors (Lipinski definition) is 2. The van der Waals surface area contributed by atoms with Crippen LogP contribution in [0.3, 0.4) is 0 Å². The van der Waals surface area contributed by atoms with Crippen molar-refractivity contribution in [2.24, 2.45) is 0 Å². The van der Waals surface area contributed by atoms with Gasteiger partial charge in [0.25, 0.3) is 5.91 Å². The fourth-order valence-corrected chi connectivity index (χ4v) is 8.76. The molecule has 2 heterocycles. The van der Waals surface area contributed by atoms with Crippen LogP contribution in [0.4, 0.5) is 17.1 Å². The van der Waals surface area contributed by atoms with E-state index in [-0.39, 0.29) is 5.91 Å². The molecule has 0 radical (unpaired) electrons. The number of rotatable bonds is 2. The maximum atomic E-state index is 12.8. The summed E-state index contributed by atoms with van der Waals surface area (Å²) in [7, 11) is 0.244. The highest BCUT2D eigenvalue weighted by Crippen LogP contribution is 2.63. The molecule has 1 spiro atoms. The molecular weight excluding hydrogens is 529 g/mol. The van der Waals surface area contributed by atoms with Crippen LogP contribution in [-0.4, -0.2) is 25.9 Å². The Morgan fingerprint density at radius 3 is 1.95 bits per heavy atom. The van der Waals surface area contributed by atoms with Crippen molar-refractivity contribution in [2.45, 2.75) is 38.5 Å². The van der Waals surface area contributed by atoms with Gasteiger partial charge in [0.2, 0.25) is 0 Å². The van der Waals surface area contributed by atoms with Crippen molar-refractivity contribution in [3.8, 4) is 11.1 Å². The van der Waals surface area contributed by atoms with Gasteiger partial charge in [0.05, 0.1) is 24.9 Å². The summed E-state index contributed by atoms with van der Waals surface area (Å²) < 4.78 is 0. The quantitative estimate of drug-likeness (QED) is 0.198. The van der Waals surface area contributed by atoms with E-state index in [9.17, 15) is 4.79 Å². The third kappa shape index (κ3) is 3.24. The molecule has 3 nitrogen and oxygen atoms in total. The van der Waals surface area contributed by atoms with E-state index in [1.165, 1.54) is 55.5 Å². The van der Waals surface area contributed by atoms with Crippen LogP contribution in [0.5, 0.6) is 0 Å². The lowest BCUT2D eigenvalue weighted by Crippen LogP contribution is -2.42. The molecule has 0 saturated heterocycles. The van der Waals surface area contributed by atoms with E-state index in [2.05, 4.69) is 129 Å². The van der Waals surface area contributed by atoms with Crippen molar-refractivity contribution in [2.75, 3.05) is 11.9 Å². The smallest absolute Gasteiger partial charge is 0.254 e. The van der Waals surface area contributed by atoms with Crippen LogP contribution in [0.1, 0.15) is 43.7 Å². The Morgan fingerprint density at radius 2 is 1.29 bits per heavy atom. The summed E-state index contributed by atoms with van der Waals surface area (Å²) in [5, 5.41) is 1.46. The van der Waals surface area contributed by atoms with Gasteiger partial charge in [0.1, 0.15) is 0 Å². The molecular formula is C38H34N2OSi. The first-order valence-corrected chi connectivity index (χ1v) is 18.3. The fourth-order valence-electron chi connectivity index (χ4n) is 7.60. The minimum absolute atomic E-state index is 0.101. The van der Waals surface area contributed by atoms with Gasteiger partial charge in [-0.2, -0.15) is 0 Å². The van der Waals surface area contributed by atoms with E-state index in [4.69, 9.17) is 0 Å². The number of carbonyl (C=O) groups is 1. The number of amides is 1. The molecule has 0 bridgehead atoms. The Morgan fingerprint density at radius 1 is 0.667 bits per heavy atom. The normalized spacial score (nSPS) is 15.8. The first-order chi connectivity index (χ1) is 20.2. The summed E-state index contributed by atoms with van der Waals surface area (Å²) in [5.74, 6) is 0.101. The Kier molecular flexibility index (Phi) is 5.16. The van der Waals surface area contributed by atoms with Gasteiger partial charge in [-0.05, 0) is 76.2 Å². The Bertz CT molecular complexity index is 1920. The lowest BCUT2D eigenvalue weighted by molar-refractivity contribution is 0.0816. The van der Waals surface area contributed by atoms with Crippen LogP contribution < -0.4 is 10.1 Å². The average Bonchev–Trinajstić information content (AvgIpc) is 3.44. The first-order valence-electron chi connectivity index (χ1n) is 14.8. The van der Waals surface area contributed by atoms with Gasteiger partial charge in [-0.15, -0.1) is 0 Å². The molecule has 4 heteroatoms. The molecule has 0 saturated carbocycles. The maximum absolute atomic E-state index is 12.8.